The first kappa shape index (κ1) is 19.7. The summed E-state index contributed by atoms with van der Waals surface area (Å²) in [5.41, 5.74) is 0. The van der Waals surface area contributed by atoms with Gasteiger partial charge in [0.15, 0.2) is 0 Å². The van der Waals surface area contributed by atoms with Gasteiger partial charge in [0.05, 0.1) is 10.9 Å². The van der Waals surface area contributed by atoms with Gasteiger partial charge in [-0.15, -0.1) is 0 Å². The average molecular weight is 381 g/mol. The van der Waals surface area contributed by atoms with Crippen LogP contribution in [0.1, 0.15) is 71.1 Å². The van der Waals surface area contributed by atoms with E-state index in [1.165, 1.54) is 50.7 Å². The van der Waals surface area contributed by atoms with E-state index in [0.717, 1.165) is 43.4 Å². The molecule has 0 unspecified atom stereocenters. The highest BCUT2D eigenvalue weighted by molar-refractivity contribution is 6.30. The molecule has 1 aromatic rings. The number of hydrogen-bond acceptors (Lipinski definition) is 2. The highest BCUT2D eigenvalue weighted by Gasteiger charge is 2.33. The van der Waals surface area contributed by atoms with Gasteiger partial charge in [0.1, 0.15) is 11.6 Å². The Morgan fingerprint density at radius 2 is 1.69 bits per heavy atom. The van der Waals surface area contributed by atoms with Crippen molar-refractivity contribution in [3.63, 3.8) is 0 Å². The molecular formula is C22H30ClFO2. The SMILES string of the molecule is CCCC1CCC(C2CCC(C(=O)Oc3ccc(Cl)c(F)c3)CC2)CC1. The van der Waals surface area contributed by atoms with Crippen LogP contribution < -0.4 is 4.74 Å². The maximum atomic E-state index is 13.5. The molecule has 2 aliphatic carbocycles. The number of ether oxygens (including phenoxy) is 1. The number of carbonyl (C=O) groups excluding carboxylic acids is 1. The maximum Gasteiger partial charge on any atom is 0.314 e. The fourth-order valence-electron chi connectivity index (χ4n) is 4.92. The molecule has 1 aromatic carbocycles. The zero-order valence-electron chi connectivity index (χ0n) is 15.7. The normalized spacial score (nSPS) is 29.3. The Hall–Kier alpha value is -1.09. The molecule has 144 valence electrons. The van der Waals surface area contributed by atoms with Gasteiger partial charge in [0.2, 0.25) is 0 Å². The summed E-state index contributed by atoms with van der Waals surface area (Å²) < 4.78 is 18.9. The Morgan fingerprint density at radius 1 is 1.08 bits per heavy atom. The molecule has 2 nitrogen and oxygen atoms in total. The summed E-state index contributed by atoms with van der Waals surface area (Å²) in [4.78, 5) is 12.4. The minimum atomic E-state index is -0.556. The van der Waals surface area contributed by atoms with Crippen molar-refractivity contribution in [2.75, 3.05) is 0 Å². The summed E-state index contributed by atoms with van der Waals surface area (Å²) in [6.45, 7) is 2.28. The lowest BCUT2D eigenvalue weighted by Gasteiger charge is -2.37. The van der Waals surface area contributed by atoms with Crippen LogP contribution in [-0.2, 0) is 4.79 Å². The quantitative estimate of drug-likeness (QED) is 0.414. The van der Waals surface area contributed by atoms with Crippen LogP contribution in [0.2, 0.25) is 5.02 Å². The molecule has 0 atom stereocenters. The molecule has 3 rings (SSSR count). The van der Waals surface area contributed by atoms with E-state index >= 15 is 0 Å². The third-order valence-corrected chi connectivity index (χ3v) is 6.78. The summed E-state index contributed by atoms with van der Waals surface area (Å²) in [5, 5.41) is 0.0407. The van der Waals surface area contributed by atoms with Crippen molar-refractivity contribution in [1.82, 2.24) is 0 Å². The highest BCUT2D eigenvalue weighted by atomic mass is 35.5. The van der Waals surface area contributed by atoms with E-state index in [0.29, 0.717) is 0 Å². The van der Waals surface area contributed by atoms with Crippen molar-refractivity contribution in [3.8, 4) is 5.75 Å². The van der Waals surface area contributed by atoms with Gasteiger partial charge in [-0.2, -0.15) is 0 Å². The van der Waals surface area contributed by atoms with Crippen molar-refractivity contribution in [1.29, 1.82) is 0 Å². The van der Waals surface area contributed by atoms with Gasteiger partial charge in [0, 0.05) is 6.07 Å². The lowest BCUT2D eigenvalue weighted by atomic mass is 9.69. The van der Waals surface area contributed by atoms with Crippen molar-refractivity contribution in [2.24, 2.45) is 23.7 Å². The summed E-state index contributed by atoms with van der Waals surface area (Å²) in [7, 11) is 0. The monoisotopic (exact) mass is 380 g/mol. The largest absolute Gasteiger partial charge is 0.426 e. The smallest absolute Gasteiger partial charge is 0.314 e. The van der Waals surface area contributed by atoms with Crippen LogP contribution in [0.4, 0.5) is 4.39 Å². The van der Waals surface area contributed by atoms with E-state index in [-0.39, 0.29) is 22.7 Å². The second kappa shape index (κ2) is 9.21. The molecule has 4 heteroatoms. The maximum absolute atomic E-state index is 13.5. The molecule has 0 radical (unpaired) electrons. The number of esters is 1. The Balaban J connectivity index is 1.44. The fourth-order valence-corrected chi connectivity index (χ4v) is 5.04. The zero-order chi connectivity index (χ0) is 18.5. The molecule has 0 bridgehead atoms. The predicted molar refractivity (Wildman–Crippen MR) is 103 cm³/mol. The molecule has 2 saturated carbocycles. The molecule has 0 saturated heterocycles. The van der Waals surface area contributed by atoms with Crippen LogP contribution in [-0.4, -0.2) is 5.97 Å². The van der Waals surface area contributed by atoms with E-state index in [1.807, 2.05) is 0 Å². The Kier molecular flexibility index (Phi) is 6.97. The number of hydrogen-bond donors (Lipinski definition) is 0. The van der Waals surface area contributed by atoms with Crippen LogP contribution in [0.15, 0.2) is 18.2 Å². The van der Waals surface area contributed by atoms with Crippen LogP contribution >= 0.6 is 11.6 Å². The minimum Gasteiger partial charge on any atom is -0.426 e. The second-order valence-electron chi connectivity index (χ2n) is 8.18. The predicted octanol–water partition coefficient (Wildman–Crippen LogP) is 6.80. The summed E-state index contributed by atoms with van der Waals surface area (Å²) in [6.07, 6.45) is 12.3. The molecule has 2 aliphatic rings. The molecule has 0 aromatic heterocycles. The molecule has 2 fully saturated rings. The van der Waals surface area contributed by atoms with Gasteiger partial charge in [0.25, 0.3) is 0 Å². The topological polar surface area (TPSA) is 26.3 Å². The first-order chi connectivity index (χ1) is 12.6. The van der Waals surface area contributed by atoms with Crippen LogP contribution in [0.25, 0.3) is 0 Å². The standard InChI is InChI=1S/C22H30ClFO2/c1-2-3-15-4-6-16(7-5-15)17-8-10-18(11-9-17)22(25)26-19-12-13-20(23)21(24)14-19/h12-18H,2-11H2,1H3. The summed E-state index contributed by atoms with van der Waals surface area (Å²) in [6, 6.07) is 4.15. The first-order valence-corrected chi connectivity index (χ1v) is 10.6. The van der Waals surface area contributed by atoms with Crippen molar-refractivity contribution < 1.29 is 13.9 Å². The Bertz CT molecular complexity index is 602. The Labute approximate surface area is 161 Å². The Morgan fingerprint density at radius 3 is 2.27 bits per heavy atom. The number of carbonyl (C=O) groups is 1. The van der Waals surface area contributed by atoms with Crippen LogP contribution in [0.5, 0.6) is 5.75 Å². The van der Waals surface area contributed by atoms with E-state index < -0.39 is 5.82 Å². The first-order valence-electron chi connectivity index (χ1n) is 10.2. The molecule has 0 heterocycles. The average Bonchev–Trinajstić information content (AvgIpc) is 2.66. The van der Waals surface area contributed by atoms with E-state index in [4.69, 9.17) is 16.3 Å². The minimum absolute atomic E-state index is 0.0407. The molecule has 0 aliphatic heterocycles. The molecule has 0 amide bonds. The van der Waals surface area contributed by atoms with Crippen LogP contribution in [0.3, 0.4) is 0 Å². The third kappa shape index (κ3) is 5.00. The van der Waals surface area contributed by atoms with E-state index in [9.17, 15) is 9.18 Å². The summed E-state index contributed by atoms with van der Waals surface area (Å²) >= 11 is 5.67. The molecule has 26 heavy (non-hydrogen) atoms. The molecule has 0 N–H and O–H groups in total. The fraction of sp³-hybridized carbons (Fsp3) is 0.682. The van der Waals surface area contributed by atoms with E-state index in [2.05, 4.69) is 6.92 Å². The van der Waals surface area contributed by atoms with Gasteiger partial charge in [-0.1, -0.05) is 44.2 Å². The van der Waals surface area contributed by atoms with Crippen molar-refractivity contribution in [2.45, 2.75) is 71.1 Å². The van der Waals surface area contributed by atoms with Gasteiger partial charge >= 0.3 is 5.97 Å². The number of rotatable bonds is 5. The number of halogens is 2. The van der Waals surface area contributed by atoms with Gasteiger partial charge in [-0.05, 0) is 68.4 Å². The number of benzene rings is 1. The van der Waals surface area contributed by atoms with Crippen molar-refractivity contribution >= 4 is 17.6 Å². The van der Waals surface area contributed by atoms with Gasteiger partial charge < -0.3 is 4.74 Å². The lowest BCUT2D eigenvalue weighted by Crippen LogP contribution is -2.30. The third-order valence-electron chi connectivity index (χ3n) is 6.47. The van der Waals surface area contributed by atoms with Crippen molar-refractivity contribution in [3.05, 3.63) is 29.0 Å². The zero-order valence-corrected chi connectivity index (χ0v) is 16.4. The van der Waals surface area contributed by atoms with Gasteiger partial charge in [-0.3, -0.25) is 4.79 Å². The summed E-state index contributed by atoms with van der Waals surface area (Å²) in [5.74, 6) is 1.98. The van der Waals surface area contributed by atoms with Crippen LogP contribution in [0, 0.1) is 29.5 Å². The second-order valence-corrected chi connectivity index (χ2v) is 8.59. The van der Waals surface area contributed by atoms with Gasteiger partial charge in [-0.25, -0.2) is 4.39 Å². The molecule has 0 spiro atoms. The molecular weight excluding hydrogens is 351 g/mol. The van der Waals surface area contributed by atoms with E-state index in [1.54, 1.807) is 6.07 Å². The lowest BCUT2D eigenvalue weighted by molar-refractivity contribution is -0.140. The highest BCUT2D eigenvalue weighted by Crippen LogP contribution is 2.42.